The summed E-state index contributed by atoms with van der Waals surface area (Å²) in [6, 6.07) is 8.22. The van der Waals surface area contributed by atoms with Crippen LogP contribution >= 0.6 is 11.3 Å². The molecule has 0 aliphatic carbocycles. The van der Waals surface area contributed by atoms with Crippen molar-refractivity contribution in [2.24, 2.45) is 0 Å². The van der Waals surface area contributed by atoms with Crippen LogP contribution in [0.25, 0.3) is 10.6 Å². The molecule has 0 bridgehead atoms. The number of benzene rings is 1. The van der Waals surface area contributed by atoms with Crippen molar-refractivity contribution in [1.29, 1.82) is 5.26 Å². The number of thiazole rings is 1. The first kappa shape index (κ1) is 15.1. The zero-order valence-corrected chi connectivity index (χ0v) is 12.4. The average Bonchev–Trinajstić information content (AvgIpc) is 2.93. The number of halogens is 1. The molecule has 1 aromatic carbocycles. The number of nitrogens with zero attached hydrogens (tertiary/aromatic N) is 3. The molecular weight excluding hydrogens is 289 g/mol. The third-order valence-corrected chi connectivity index (χ3v) is 3.88. The standard InChI is InChI=1S/C15H14FN3OS/c1-19(7-3-6-17)14(20)9-13-10-21-15(18-13)11-4-2-5-12(16)8-11/h2,4-5,8,10H,3,7,9H2,1H3. The lowest BCUT2D eigenvalue weighted by atomic mass is 10.2. The smallest absolute Gasteiger partial charge is 0.228 e. The molecule has 4 nitrogen and oxygen atoms in total. The molecule has 1 amide bonds. The highest BCUT2D eigenvalue weighted by Crippen LogP contribution is 2.24. The van der Waals surface area contributed by atoms with Crippen LogP contribution in [0.1, 0.15) is 12.1 Å². The summed E-state index contributed by atoms with van der Waals surface area (Å²) in [4.78, 5) is 17.8. The van der Waals surface area contributed by atoms with Gasteiger partial charge in [-0.2, -0.15) is 5.26 Å². The Labute approximate surface area is 126 Å². The minimum absolute atomic E-state index is 0.0821. The fourth-order valence-corrected chi connectivity index (χ4v) is 2.59. The molecule has 0 radical (unpaired) electrons. The fraction of sp³-hybridized carbons (Fsp3) is 0.267. The number of carbonyl (C=O) groups is 1. The predicted octanol–water partition coefficient (Wildman–Crippen LogP) is 2.86. The molecule has 0 N–H and O–H groups in total. The lowest BCUT2D eigenvalue weighted by molar-refractivity contribution is -0.129. The number of aromatic nitrogens is 1. The van der Waals surface area contributed by atoms with E-state index < -0.39 is 0 Å². The Morgan fingerprint density at radius 2 is 2.33 bits per heavy atom. The number of amides is 1. The van der Waals surface area contributed by atoms with E-state index in [-0.39, 0.29) is 18.1 Å². The summed E-state index contributed by atoms with van der Waals surface area (Å²) in [5.41, 5.74) is 1.37. The summed E-state index contributed by atoms with van der Waals surface area (Å²) >= 11 is 1.38. The van der Waals surface area contributed by atoms with Crippen LogP contribution in [0.15, 0.2) is 29.6 Å². The van der Waals surface area contributed by atoms with Crippen molar-refractivity contribution in [2.45, 2.75) is 12.8 Å². The third-order valence-electron chi connectivity index (χ3n) is 2.94. The van der Waals surface area contributed by atoms with Gasteiger partial charge in [0, 0.05) is 24.5 Å². The van der Waals surface area contributed by atoms with Crippen LogP contribution in [0.2, 0.25) is 0 Å². The predicted molar refractivity (Wildman–Crippen MR) is 79.1 cm³/mol. The van der Waals surface area contributed by atoms with Gasteiger partial charge in [0.05, 0.1) is 24.6 Å². The molecule has 0 saturated heterocycles. The van der Waals surface area contributed by atoms with Crippen molar-refractivity contribution in [1.82, 2.24) is 9.88 Å². The molecule has 0 spiro atoms. The van der Waals surface area contributed by atoms with Gasteiger partial charge >= 0.3 is 0 Å². The van der Waals surface area contributed by atoms with Gasteiger partial charge in [0.25, 0.3) is 0 Å². The molecular formula is C15H14FN3OS. The highest BCUT2D eigenvalue weighted by Gasteiger charge is 2.12. The molecule has 1 heterocycles. The number of likely N-dealkylation sites (N-methyl/N-ethyl adjacent to an activating group) is 1. The van der Waals surface area contributed by atoms with E-state index in [9.17, 15) is 9.18 Å². The quantitative estimate of drug-likeness (QED) is 0.853. The topological polar surface area (TPSA) is 57.0 Å². The highest BCUT2D eigenvalue weighted by molar-refractivity contribution is 7.13. The van der Waals surface area contributed by atoms with E-state index in [2.05, 4.69) is 4.98 Å². The van der Waals surface area contributed by atoms with Crippen LogP contribution in [-0.4, -0.2) is 29.4 Å². The normalized spacial score (nSPS) is 10.1. The van der Waals surface area contributed by atoms with Gasteiger partial charge in [-0.25, -0.2) is 9.37 Å². The van der Waals surface area contributed by atoms with Crippen LogP contribution in [0.3, 0.4) is 0 Å². The Bertz CT molecular complexity index is 678. The van der Waals surface area contributed by atoms with Gasteiger partial charge in [0.2, 0.25) is 5.91 Å². The maximum absolute atomic E-state index is 13.2. The number of hydrogen-bond donors (Lipinski definition) is 0. The van der Waals surface area contributed by atoms with E-state index >= 15 is 0 Å². The second-order valence-corrected chi connectivity index (χ2v) is 5.41. The molecule has 0 unspecified atom stereocenters. The number of hydrogen-bond acceptors (Lipinski definition) is 4. The molecule has 0 aliphatic heterocycles. The fourth-order valence-electron chi connectivity index (χ4n) is 1.77. The van der Waals surface area contributed by atoms with Crippen molar-refractivity contribution in [3.63, 3.8) is 0 Å². The van der Waals surface area contributed by atoms with Crippen LogP contribution < -0.4 is 0 Å². The van der Waals surface area contributed by atoms with Crippen molar-refractivity contribution in [3.8, 4) is 16.6 Å². The minimum atomic E-state index is -0.309. The summed E-state index contributed by atoms with van der Waals surface area (Å²) in [5, 5.41) is 11.0. The number of rotatable bonds is 5. The second kappa shape index (κ2) is 6.95. The highest BCUT2D eigenvalue weighted by atomic mass is 32.1. The van der Waals surface area contributed by atoms with Gasteiger partial charge in [0.15, 0.2) is 0 Å². The van der Waals surface area contributed by atoms with Gasteiger partial charge in [-0.15, -0.1) is 11.3 Å². The minimum Gasteiger partial charge on any atom is -0.344 e. The van der Waals surface area contributed by atoms with Gasteiger partial charge in [-0.1, -0.05) is 12.1 Å². The molecule has 2 rings (SSSR count). The number of nitriles is 1. The first-order valence-corrected chi connectivity index (χ1v) is 7.29. The molecule has 0 atom stereocenters. The van der Waals surface area contributed by atoms with E-state index in [0.717, 1.165) is 0 Å². The van der Waals surface area contributed by atoms with Crippen LogP contribution in [-0.2, 0) is 11.2 Å². The third kappa shape index (κ3) is 4.10. The summed E-state index contributed by atoms with van der Waals surface area (Å²) < 4.78 is 13.2. The van der Waals surface area contributed by atoms with Crippen LogP contribution in [0, 0.1) is 17.1 Å². The Balaban J connectivity index is 2.04. The van der Waals surface area contributed by atoms with Crippen molar-refractivity contribution >= 4 is 17.2 Å². The van der Waals surface area contributed by atoms with Crippen LogP contribution in [0.4, 0.5) is 4.39 Å². The van der Waals surface area contributed by atoms with Crippen LogP contribution in [0.5, 0.6) is 0 Å². The zero-order valence-electron chi connectivity index (χ0n) is 11.5. The Kier molecular flexibility index (Phi) is 5.01. The van der Waals surface area contributed by atoms with Crippen molar-refractivity contribution in [3.05, 3.63) is 41.2 Å². The summed E-state index contributed by atoms with van der Waals surface area (Å²) in [5.74, 6) is -0.391. The summed E-state index contributed by atoms with van der Waals surface area (Å²) in [6.45, 7) is 0.413. The maximum Gasteiger partial charge on any atom is 0.228 e. The first-order valence-electron chi connectivity index (χ1n) is 6.41. The van der Waals surface area contributed by atoms with E-state index in [0.29, 0.717) is 29.2 Å². The maximum atomic E-state index is 13.2. The van der Waals surface area contributed by atoms with Crippen molar-refractivity contribution in [2.75, 3.05) is 13.6 Å². The molecule has 0 fully saturated rings. The molecule has 6 heteroatoms. The molecule has 1 aromatic heterocycles. The van der Waals surface area contributed by atoms with Crippen molar-refractivity contribution < 1.29 is 9.18 Å². The Morgan fingerprint density at radius 3 is 3.05 bits per heavy atom. The molecule has 0 saturated carbocycles. The monoisotopic (exact) mass is 303 g/mol. The van der Waals surface area contributed by atoms with Gasteiger partial charge < -0.3 is 4.90 Å². The second-order valence-electron chi connectivity index (χ2n) is 4.55. The lowest BCUT2D eigenvalue weighted by Crippen LogP contribution is -2.29. The molecule has 21 heavy (non-hydrogen) atoms. The van der Waals surface area contributed by atoms with E-state index in [4.69, 9.17) is 5.26 Å². The molecule has 2 aromatic rings. The van der Waals surface area contributed by atoms with Gasteiger partial charge in [0.1, 0.15) is 10.8 Å². The molecule has 0 aliphatic rings. The van der Waals surface area contributed by atoms with E-state index in [1.54, 1.807) is 24.6 Å². The SMILES string of the molecule is CN(CCC#N)C(=O)Cc1csc(-c2cccc(F)c2)n1. The first-order chi connectivity index (χ1) is 10.1. The van der Waals surface area contributed by atoms with Gasteiger partial charge in [-0.05, 0) is 12.1 Å². The summed E-state index contributed by atoms with van der Waals surface area (Å²) in [6.07, 6.45) is 0.502. The zero-order chi connectivity index (χ0) is 15.2. The Hall–Kier alpha value is -2.26. The lowest BCUT2D eigenvalue weighted by Gasteiger charge is -2.14. The largest absolute Gasteiger partial charge is 0.344 e. The molecule has 108 valence electrons. The van der Waals surface area contributed by atoms with Gasteiger partial charge in [-0.3, -0.25) is 4.79 Å². The average molecular weight is 303 g/mol. The van der Waals surface area contributed by atoms with E-state index in [1.807, 2.05) is 6.07 Å². The Morgan fingerprint density at radius 1 is 1.52 bits per heavy atom. The number of carbonyl (C=O) groups excluding carboxylic acids is 1. The summed E-state index contributed by atoms with van der Waals surface area (Å²) in [7, 11) is 1.67. The van der Waals surface area contributed by atoms with E-state index in [1.165, 1.54) is 28.4 Å².